The fraction of sp³-hybridized carbons (Fsp3) is 0.360. The number of rotatable bonds is 8. The predicted octanol–water partition coefficient (Wildman–Crippen LogP) is 2.48. The molecule has 1 fully saturated rings. The number of likely N-dealkylation sites (tertiary alicyclic amines) is 1. The molecule has 9 heteroatoms. The van der Waals surface area contributed by atoms with Crippen molar-refractivity contribution in [2.45, 2.75) is 36.7 Å². The van der Waals surface area contributed by atoms with Crippen LogP contribution in [0.25, 0.3) is 10.8 Å². The molecule has 2 heterocycles. The SMILES string of the molecule is N#Cc1cccn1CCC(NS(=O)(=O)c1cccc2ccccc12)C(=O)N1CCC(CO)CC1. The van der Waals surface area contributed by atoms with Crippen molar-refractivity contribution in [3.8, 4) is 6.07 Å². The maximum Gasteiger partial charge on any atom is 0.241 e. The first kappa shape index (κ1) is 24.0. The van der Waals surface area contributed by atoms with Gasteiger partial charge in [0.05, 0.1) is 4.90 Å². The average Bonchev–Trinajstić information content (AvgIpc) is 3.33. The molecular formula is C25H28N4O4S. The van der Waals surface area contributed by atoms with Crippen molar-refractivity contribution >= 4 is 26.7 Å². The number of amides is 1. The molecule has 1 aromatic heterocycles. The van der Waals surface area contributed by atoms with Crippen molar-refractivity contribution in [1.82, 2.24) is 14.2 Å². The van der Waals surface area contributed by atoms with Crippen molar-refractivity contribution < 1.29 is 18.3 Å². The number of carbonyl (C=O) groups excluding carboxylic acids is 1. The van der Waals surface area contributed by atoms with Crippen molar-refractivity contribution in [2.24, 2.45) is 5.92 Å². The summed E-state index contributed by atoms with van der Waals surface area (Å²) >= 11 is 0. The van der Waals surface area contributed by atoms with Crippen LogP contribution in [0.5, 0.6) is 0 Å². The molecule has 0 aliphatic carbocycles. The molecule has 1 amide bonds. The van der Waals surface area contributed by atoms with Crippen LogP contribution in [0.2, 0.25) is 0 Å². The molecule has 1 saturated heterocycles. The molecule has 8 nitrogen and oxygen atoms in total. The van der Waals surface area contributed by atoms with E-state index in [0.29, 0.717) is 43.6 Å². The number of aliphatic hydroxyl groups is 1. The van der Waals surface area contributed by atoms with Gasteiger partial charge in [-0.2, -0.15) is 9.98 Å². The molecule has 0 saturated carbocycles. The number of aromatic nitrogens is 1. The molecule has 0 radical (unpaired) electrons. The lowest BCUT2D eigenvalue weighted by molar-refractivity contribution is -0.134. The Morgan fingerprint density at radius 3 is 2.59 bits per heavy atom. The summed E-state index contributed by atoms with van der Waals surface area (Å²) in [5, 5.41) is 20.1. The number of hydrogen-bond donors (Lipinski definition) is 2. The zero-order chi connectivity index (χ0) is 24.1. The van der Waals surface area contributed by atoms with Gasteiger partial charge < -0.3 is 14.6 Å². The van der Waals surface area contributed by atoms with Crippen LogP contribution < -0.4 is 4.72 Å². The summed E-state index contributed by atoms with van der Waals surface area (Å²) in [5.74, 6) is -0.126. The Kier molecular flexibility index (Phi) is 7.32. The van der Waals surface area contributed by atoms with E-state index in [-0.39, 0.29) is 29.7 Å². The monoisotopic (exact) mass is 480 g/mol. The summed E-state index contributed by atoms with van der Waals surface area (Å²) in [6.45, 7) is 1.36. The van der Waals surface area contributed by atoms with E-state index in [4.69, 9.17) is 0 Å². The van der Waals surface area contributed by atoms with Crippen molar-refractivity contribution in [1.29, 1.82) is 5.26 Å². The summed E-state index contributed by atoms with van der Waals surface area (Å²) < 4.78 is 31.3. The second kappa shape index (κ2) is 10.4. The summed E-state index contributed by atoms with van der Waals surface area (Å²) in [6, 6.07) is 16.8. The Balaban J connectivity index is 1.60. The number of aliphatic hydroxyl groups excluding tert-OH is 1. The van der Waals surface area contributed by atoms with Crippen LogP contribution in [0, 0.1) is 17.2 Å². The molecule has 3 aromatic rings. The Bertz CT molecular complexity index is 1300. The van der Waals surface area contributed by atoms with E-state index in [2.05, 4.69) is 10.8 Å². The van der Waals surface area contributed by atoms with Crippen LogP contribution in [0.15, 0.2) is 65.7 Å². The number of fused-ring (bicyclic) bond motifs is 1. The molecule has 4 rings (SSSR count). The first-order chi connectivity index (χ1) is 16.4. The topological polar surface area (TPSA) is 115 Å². The van der Waals surface area contributed by atoms with Gasteiger partial charge in [0.1, 0.15) is 17.8 Å². The smallest absolute Gasteiger partial charge is 0.241 e. The van der Waals surface area contributed by atoms with Gasteiger partial charge >= 0.3 is 0 Å². The van der Waals surface area contributed by atoms with E-state index in [1.807, 2.05) is 18.2 Å². The quantitative estimate of drug-likeness (QED) is 0.514. The van der Waals surface area contributed by atoms with E-state index in [1.54, 1.807) is 52.1 Å². The number of hydrogen-bond acceptors (Lipinski definition) is 5. The number of aryl methyl sites for hydroxylation is 1. The molecule has 1 aliphatic rings. The number of benzene rings is 2. The summed E-state index contributed by atoms with van der Waals surface area (Å²) in [4.78, 5) is 15.2. The minimum absolute atomic E-state index is 0.0870. The number of nitriles is 1. The number of carbonyl (C=O) groups is 1. The van der Waals surface area contributed by atoms with Gasteiger partial charge in [0.25, 0.3) is 0 Å². The highest BCUT2D eigenvalue weighted by Crippen LogP contribution is 2.24. The molecule has 2 aromatic carbocycles. The summed E-state index contributed by atoms with van der Waals surface area (Å²) in [7, 11) is -4.00. The van der Waals surface area contributed by atoms with E-state index >= 15 is 0 Å². The minimum Gasteiger partial charge on any atom is -0.396 e. The van der Waals surface area contributed by atoms with Gasteiger partial charge in [-0.3, -0.25) is 4.79 Å². The molecular weight excluding hydrogens is 452 g/mol. The zero-order valence-corrected chi connectivity index (χ0v) is 19.6. The van der Waals surface area contributed by atoms with Gasteiger partial charge in [0.2, 0.25) is 15.9 Å². The van der Waals surface area contributed by atoms with Crippen molar-refractivity contribution in [3.05, 3.63) is 66.5 Å². The van der Waals surface area contributed by atoms with E-state index in [9.17, 15) is 23.6 Å². The molecule has 1 unspecified atom stereocenters. The first-order valence-corrected chi connectivity index (χ1v) is 12.9. The second-order valence-electron chi connectivity index (χ2n) is 8.59. The summed E-state index contributed by atoms with van der Waals surface area (Å²) in [5.41, 5.74) is 0.451. The highest BCUT2D eigenvalue weighted by molar-refractivity contribution is 7.89. The molecule has 1 atom stereocenters. The molecule has 34 heavy (non-hydrogen) atoms. The lowest BCUT2D eigenvalue weighted by Gasteiger charge is -2.34. The third kappa shape index (κ3) is 5.14. The highest BCUT2D eigenvalue weighted by Gasteiger charge is 2.32. The van der Waals surface area contributed by atoms with Crippen LogP contribution in [0.4, 0.5) is 0 Å². The fourth-order valence-electron chi connectivity index (χ4n) is 4.45. The maximum atomic E-state index is 13.5. The molecule has 1 aliphatic heterocycles. The van der Waals surface area contributed by atoms with Crippen molar-refractivity contribution in [2.75, 3.05) is 19.7 Å². The Hall–Kier alpha value is -3.19. The average molecular weight is 481 g/mol. The van der Waals surface area contributed by atoms with Gasteiger partial charge in [0.15, 0.2) is 0 Å². The molecule has 0 spiro atoms. The zero-order valence-electron chi connectivity index (χ0n) is 18.8. The van der Waals surface area contributed by atoms with E-state index in [0.717, 1.165) is 5.39 Å². The van der Waals surface area contributed by atoms with Crippen LogP contribution >= 0.6 is 0 Å². The van der Waals surface area contributed by atoms with Crippen LogP contribution in [0.3, 0.4) is 0 Å². The highest BCUT2D eigenvalue weighted by atomic mass is 32.2. The van der Waals surface area contributed by atoms with Gasteiger partial charge in [-0.05, 0) is 48.8 Å². The molecule has 0 bridgehead atoms. The second-order valence-corrected chi connectivity index (χ2v) is 10.3. The minimum atomic E-state index is -4.00. The van der Waals surface area contributed by atoms with E-state index < -0.39 is 16.1 Å². The van der Waals surface area contributed by atoms with E-state index in [1.165, 1.54) is 0 Å². The lowest BCUT2D eigenvalue weighted by Crippen LogP contribution is -2.51. The number of sulfonamides is 1. The number of nitrogens with zero attached hydrogens (tertiary/aromatic N) is 3. The normalized spacial score (nSPS) is 15.8. The fourth-order valence-corrected chi connectivity index (χ4v) is 5.90. The summed E-state index contributed by atoms with van der Waals surface area (Å²) in [6.07, 6.45) is 3.31. The number of piperidine rings is 1. The molecule has 2 N–H and O–H groups in total. The van der Waals surface area contributed by atoms with Gasteiger partial charge in [0, 0.05) is 37.8 Å². The predicted molar refractivity (Wildman–Crippen MR) is 128 cm³/mol. The van der Waals surface area contributed by atoms with Gasteiger partial charge in [-0.15, -0.1) is 0 Å². The Morgan fingerprint density at radius 2 is 1.85 bits per heavy atom. The Morgan fingerprint density at radius 1 is 1.12 bits per heavy atom. The van der Waals surface area contributed by atoms with Crippen LogP contribution in [-0.4, -0.2) is 54.6 Å². The molecule has 178 valence electrons. The standard InChI is InChI=1S/C25H28N4O4S/c26-17-21-7-4-13-28(21)16-12-23(25(31)29-14-10-19(18-30)11-15-29)27-34(32,33)24-9-3-6-20-5-1-2-8-22(20)24/h1-9,13,19,23,27,30H,10-12,14-16,18H2. The first-order valence-electron chi connectivity index (χ1n) is 11.4. The number of nitrogens with one attached hydrogen (secondary N) is 1. The largest absolute Gasteiger partial charge is 0.396 e. The Labute approximate surface area is 199 Å². The van der Waals surface area contributed by atoms with Gasteiger partial charge in [-0.25, -0.2) is 8.42 Å². The maximum absolute atomic E-state index is 13.5. The lowest BCUT2D eigenvalue weighted by atomic mass is 9.97. The van der Waals surface area contributed by atoms with Crippen LogP contribution in [0.1, 0.15) is 25.0 Å². The van der Waals surface area contributed by atoms with Crippen LogP contribution in [-0.2, 0) is 21.4 Å². The third-order valence-corrected chi connectivity index (χ3v) is 7.95. The third-order valence-electron chi connectivity index (χ3n) is 6.42. The van der Waals surface area contributed by atoms with Crippen molar-refractivity contribution in [3.63, 3.8) is 0 Å². The van der Waals surface area contributed by atoms with Gasteiger partial charge in [-0.1, -0.05) is 36.4 Å².